The quantitative estimate of drug-likeness (QED) is 0.620. The summed E-state index contributed by atoms with van der Waals surface area (Å²) in [6.07, 6.45) is 3.61. The number of hydrogen-bond acceptors (Lipinski definition) is 4. The molecule has 0 bridgehead atoms. The molecular weight excluding hydrogens is 277 g/mol. The molecule has 5 nitrogen and oxygen atoms in total. The van der Waals surface area contributed by atoms with Gasteiger partial charge in [0.25, 0.3) is 0 Å². The zero-order valence-corrected chi connectivity index (χ0v) is 13.8. The van der Waals surface area contributed by atoms with Crippen molar-refractivity contribution in [2.75, 3.05) is 6.16 Å². The molecule has 6 heteroatoms. The number of rotatable bonds is 5. The standard InChI is InChI=1S/C14H24NO4P/c1-10(2)19-20(17)9-11-6-7-12(8-11)15-13(16)18-14(3,4)5/h8,10,12H,6-7,9H2,1-5H3/p+1. The van der Waals surface area contributed by atoms with Crippen molar-refractivity contribution in [3.8, 4) is 0 Å². The van der Waals surface area contributed by atoms with Crippen molar-refractivity contribution in [3.63, 3.8) is 0 Å². The first-order chi connectivity index (χ1) is 9.15. The highest BCUT2D eigenvalue weighted by molar-refractivity contribution is 7.39. The van der Waals surface area contributed by atoms with Gasteiger partial charge in [0.05, 0.1) is 6.04 Å². The maximum Gasteiger partial charge on any atom is 0.512 e. The predicted molar refractivity (Wildman–Crippen MR) is 79.2 cm³/mol. The third kappa shape index (κ3) is 7.01. The lowest BCUT2D eigenvalue weighted by Crippen LogP contribution is -2.37. The summed E-state index contributed by atoms with van der Waals surface area (Å²) in [6, 6.07) is -0.0395. The normalized spacial score (nSPS) is 19.8. The van der Waals surface area contributed by atoms with Crippen LogP contribution in [0.15, 0.2) is 11.6 Å². The zero-order chi connectivity index (χ0) is 15.3. The minimum Gasteiger partial charge on any atom is -0.444 e. The molecule has 0 saturated carbocycles. The van der Waals surface area contributed by atoms with Gasteiger partial charge in [-0.15, -0.1) is 4.52 Å². The molecule has 0 saturated heterocycles. The molecule has 114 valence electrons. The number of allylic oxidation sites excluding steroid dienone is 1. The van der Waals surface area contributed by atoms with E-state index in [1.165, 1.54) is 0 Å². The van der Waals surface area contributed by atoms with Crippen LogP contribution in [0.4, 0.5) is 4.79 Å². The van der Waals surface area contributed by atoms with Crippen LogP contribution < -0.4 is 5.32 Å². The van der Waals surface area contributed by atoms with Gasteiger partial charge in [-0.05, 0) is 57.6 Å². The molecule has 0 radical (unpaired) electrons. The van der Waals surface area contributed by atoms with Gasteiger partial charge in [-0.3, -0.25) is 0 Å². The van der Waals surface area contributed by atoms with Crippen molar-refractivity contribution >= 4 is 14.1 Å². The first kappa shape index (κ1) is 17.1. The number of nitrogens with one attached hydrogen (secondary N) is 1. The Kier molecular flexibility index (Phi) is 6.15. The number of carbonyl (C=O) groups is 1. The van der Waals surface area contributed by atoms with Crippen LogP contribution in [0.5, 0.6) is 0 Å². The highest BCUT2D eigenvalue weighted by Gasteiger charge is 2.27. The highest BCUT2D eigenvalue weighted by Crippen LogP contribution is 2.32. The fourth-order valence-electron chi connectivity index (χ4n) is 1.93. The lowest BCUT2D eigenvalue weighted by atomic mass is 10.2. The summed E-state index contributed by atoms with van der Waals surface area (Å²) in [5, 5.41) is 2.81. The van der Waals surface area contributed by atoms with Crippen LogP contribution in [-0.2, 0) is 13.8 Å². The summed E-state index contributed by atoms with van der Waals surface area (Å²) in [6.45, 7) is 9.22. The van der Waals surface area contributed by atoms with E-state index in [-0.39, 0.29) is 12.1 Å². The van der Waals surface area contributed by atoms with Gasteiger partial charge < -0.3 is 10.1 Å². The van der Waals surface area contributed by atoms with Crippen molar-refractivity contribution < 1.29 is 18.6 Å². The SMILES string of the molecule is CC(C)O[P+](=O)CC1=CC(NC(=O)OC(C)(C)C)CC1. The molecule has 0 aliphatic heterocycles. The largest absolute Gasteiger partial charge is 0.512 e. The van der Waals surface area contributed by atoms with E-state index >= 15 is 0 Å². The van der Waals surface area contributed by atoms with E-state index in [1.807, 2.05) is 40.7 Å². The molecule has 2 unspecified atom stereocenters. The number of carbonyl (C=O) groups excluding carboxylic acids is 1. The maximum absolute atomic E-state index is 11.7. The topological polar surface area (TPSA) is 64.6 Å². The molecule has 1 aliphatic rings. The summed E-state index contributed by atoms with van der Waals surface area (Å²) in [7, 11) is -1.65. The molecule has 0 fully saturated rings. The molecule has 0 aromatic carbocycles. The summed E-state index contributed by atoms with van der Waals surface area (Å²) < 4.78 is 22.2. The number of hydrogen-bond donors (Lipinski definition) is 1. The lowest BCUT2D eigenvalue weighted by molar-refractivity contribution is 0.0514. The summed E-state index contributed by atoms with van der Waals surface area (Å²) in [5.74, 6) is 0. The molecular formula is C14H25NO4P+. The van der Waals surface area contributed by atoms with Crippen molar-refractivity contribution in [1.29, 1.82) is 0 Å². The Morgan fingerprint density at radius 1 is 1.50 bits per heavy atom. The van der Waals surface area contributed by atoms with Crippen LogP contribution in [0.2, 0.25) is 0 Å². The van der Waals surface area contributed by atoms with Crippen LogP contribution in [0.3, 0.4) is 0 Å². The van der Waals surface area contributed by atoms with Gasteiger partial charge in [0, 0.05) is 0 Å². The molecule has 0 aromatic rings. The van der Waals surface area contributed by atoms with E-state index < -0.39 is 19.7 Å². The fraction of sp³-hybridized carbons (Fsp3) is 0.786. The molecule has 0 spiro atoms. The van der Waals surface area contributed by atoms with Gasteiger partial charge in [0.15, 0.2) is 6.16 Å². The number of amides is 1. The maximum atomic E-state index is 11.7. The predicted octanol–water partition coefficient (Wildman–Crippen LogP) is 3.77. The van der Waals surface area contributed by atoms with Crippen LogP contribution in [-0.4, -0.2) is 30.0 Å². The average Bonchev–Trinajstić information content (AvgIpc) is 2.60. The molecule has 2 atom stereocenters. The van der Waals surface area contributed by atoms with Crippen LogP contribution in [0, 0.1) is 0 Å². The Morgan fingerprint density at radius 2 is 2.15 bits per heavy atom. The minimum atomic E-state index is -1.65. The first-order valence-electron chi connectivity index (χ1n) is 6.96. The van der Waals surface area contributed by atoms with E-state index in [2.05, 4.69) is 5.32 Å². The Labute approximate surface area is 122 Å². The second-order valence-electron chi connectivity index (χ2n) is 6.26. The summed E-state index contributed by atoms with van der Waals surface area (Å²) >= 11 is 0. The molecule has 0 aromatic heterocycles. The van der Waals surface area contributed by atoms with Gasteiger partial charge in [-0.1, -0.05) is 6.08 Å². The van der Waals surface area contributed by atoms with E-state index in [9.17, 15) is 9.36 Å². The molecule has 1 N–H and O–H groups in total. The van der Waals surface area contributed by atoms with Crippen LogP contribution in [0.1, 0.15) is 47.5 Å². The van der Waals surface area contributed by atoms with E-state index in [0.717, 1.165) is 18.4 Å². The van der Waals surface area contributed by atoms with Gasteiger partial charge in [0.1, 0.15) is 11.7 Å². The average molecular weight is 302 g/mol. The molecule has 1 aliphatic carbocycles. The van der Waals surface area contributed by atoms with Crippen molar-refractivity contribution in [2.45, 2.75) is 65.2 Å². The highest BCUT2D eigenvalue weighted by atomic mass is 31.1. The van der Waals surface area contributed by atoms with E-state index in [1.54, 1.807) is 0 Å². The van der Waals surface area contributed by atoms with Crippen molar-refractivity contribution in [1.82, 2.24) is 5.32 Å². The Balaban J connectivity index is 2.41. The Bertz CT molecular complexity index is 398. The third-order valence-corrected chi connectivity index (χ3v) is 3.90. The fourth-order valence-corrected chi connectivity index (χ4v) is 3.07. The monoisotopic (exact) mass is 302 g/mol. The smallest absolute Gasteiger partial charge is 0.444 e. The van der Waals surface area contributed by atoms with Crippen LogP contribution in [0.25, 0.3) is 0 Å². The second-order valence-corrected chi connectivity index (χ2v) is 7.45. The number of ether oxygens (including phenoxy) is 1. The summed E-state index contributed by atoms with van der Waals surface area (Å²) in [5.41, 5.74) is 0.580. The Morgan fingerprint density at radius 3 is 2.70 bits per heavy atom. The molecule has 20 heavy (non-hydrogen) atoms. The van der Waals surface area contributed by atoms with Gasteiger partial charge >= 0.3 is 14.1 Å². The summed E-state index contributed by atoms with van der Waals surface area (Å²) in [4.78, 5) is 11.6. The van der Waals surface area contributed by atoms with Gasteiger partial charge in [0.2, 0.25) is 0 Å². The van der Waals surface area contributed by atoms with Gasteiger partial charge in [-0.2, -0.15) is 0 Å². The first-order valence-corrected chi connectivity index (χ1v) is 8.32. The second kappa shape index (κ2) is 7.19. The zero-order valence-electron chi connectivity index (χ0n) is 12.9. The van der Waals surface area contributed by atoms with E-state index in [0.29, 0.717) is 6.16 Å². The Hall–Kier alpha value is -0.930. The third-order valence-electron chi connectivity index (χ3n) is 2.58. The minimum absolute atomic E-state index is 0.0312. The van der Waals surface area contributed by atoms with E-state index in [4.69, 9.17) is 9.26 Å². The number of alkyl carbamates (subject to hydrolysis) is 1. The molecule has 0 heterocycles. The molecule has 1 rings (SSSR count). The van der Waals surface area contributed by atoms with Gasteiger partial charge in [-0.25, -0.2) is 4.79 Å². The van der Waals surface area contributed by atoms with Crippen molar-refractivity contribution in [3.05, 3.63) is 11.6 Å². The molecule has 1 amide bonds. The van der Waals surface area contributed by atoms with Crippen molar-refractivity contribution in [2.24, 2.45) is 0 Å². The lowest BCUT2D eigenvalue weighted by Gasteiger charge is -2.21. The van der Waals surface area contributed by atoms with Crippen LogP contribution >= 0.6 is 8.03 Å².